The second kappa shape index (κ2) is 15.8. The van der Waals surface area contributed by atoms with Crippen molar-refractivity contribution in [2.75, 3.05) is 45.3 Å². The van der Waals surface area contributed by atoms with E-state index in [9.17, 15) is 9.90 Å². The number of benzene rings is 5. The number of hydrogen-bond acceptors (Lipinski definition) is 5. The van der Waals surface area contributed by atoms with E-state index in [1.807, 2.05) is 47.4 Å². The topological polar surface area (TPSA) is 74.3 Å². The van der Waals surface area contributed by atoms with E-state index in [1.165, 1.54) is 5.56 Å². The third-order valence-electron chi connectivity index (χ3n) is 10.5. The van der Waals surface area contributed by atoms with Gasteiger partial charge in [-0.25, -0.2) is 4.79 Å². The molecule has 5 aromatic carbocycles. The summed E-state index contributed by atoms with van der Waals surface area (Å²) in [6.07, 6.45) is 0.703. The maximum atomic E-state index is 13.8. The maximum absolute atomic E-state index is 13.8. The summed E-state index contributed by atoms with van der Waals surface area (Å²) < 4.78 is 13.7. The minimum Gasteiger partial charge on any atom is -0.497 e. The Bertz CT molecular complexity index is 1760. The van der Waals surface area contributed by atoms with Crippen molar-refractivity contribution in [3.05, 3.63) is 166 Å². The first-order valence-electron chi connectivity index (χ1n) is 17.6. The van der Waals surface area contributed by atoms with Crippen LogP contribution in [0.5, 0.6) is 5.75 Å². The fraction of sp³-hybridized carbons (Fsp3) is 0.279. The average Bonchev–Trinajstić information content (AvgIpc) is 3.17. The van der Waals surface area contributed by atoms with E-state index in [4.69, 9.17) is 9.47 Å². The number of aliphatic hydroxyl groups excluding tert-OH is 1. The summed E-state index contributed by atoms with van der Waals surface area (Å²) in [5.41, 5.74) is 4.22. The number of rotatable bonds is 10. The van der Waals surface area contributed by atoms with Crippen molar-refractivity contribution in [2.24, 2.45) is 5.92 Å². The molecule has 0 aromatic heterocycles. The van der Waals surface area contributed by atoms with Crippen molar-refractivity contribution in [2.45, 2.75) is 30.0 Å². The largest absolute Gasteiger partial charge is 0.497 e. The SMILES string of the molecule is COc1ccc(NC(=O)N2CCC(CO)CN3[C@H](COC(c4ccccc4)(c4ccccc4)c4ccccc4)[C@H](c4ccc(Br)cc4)[C@@H]3C2)cc1. The van der Waals surface area contributed by atoms with E-state index < -0.39 is 5.60 Å². The Morgan fingerprint density at radius 2 is 1.37 bits per heavy atom. The van der Waals surface area contributed by atoms with Gasteiger partial charge in [0.15, 0.2) is 0 Å². The van der Waals surface area contributed by atoms with Gasteiger partial charge in [-0.15, -0.1) is 0 Å². The maximum Gasteiger partial charge on any atom is 0.321 e. The zero-order valence-electron chi connectivity index (χ0n) is 28.8. The molecule has 2 aliphatic heterocycles. The Hall–Kier alpha value is -4.47. The first-order chi connectivity index (χ1) is 25.0. The molecule has 2 aliphatic rings. The van der Waals surface area contributed by atoms with Crippen LogP contribution in [0.15, 0.2) is 144 Å². The van der Waals surface area contributed by atoms with E-state index in [1.54, 1.807) is 7.11 Å². The van der Waals surface area contributed by atoms with Crippen LogP contribution in [0.4, 0.5) is 10.5 Å². The molecular formula is C43H44BrN3O4. The fourth-order valence-electron chi connectivity index (χ4n) is 7.87. The predicted molar refractivity (Wildman–Crippen MR) is 205 cm³/mol. The lowest BCUT2D eigenvalue weighted by atomic mass is 9.73. The molecule has 7 nitrogen and oxygen atoms in total. The molecule has 2 heterocycles. The summed E-state index contributed by atoms with van der Waals surface area (Å²) in [5.74, 6) is 0.836. The molecule has 2 amide bonds. The second-order valence-corrected chi connectivity index (χ2v) is 14.4. The second-order valence-electron chi connectivity index (χ2n) is 13.4. The fourth-order valence-corrected chi connectivity index (χ4v) is 8.13. The molecule has 2 N–H and O–H groups in total. The Labute approximate surface area is 309 Å². The van der Waals surface area contributed by atoms with Crippen LogP contribution in [0.25, 0.3) is 0 Å². The Morgan fingerprint density at radius 3 is 1.90 bits per heavy atom. The molecule has 0 saturated carbocycles. The van der Waals surface area contributed by atoms with Gasteiger partial charge in [0.2, 0.25) is 0 Å². The third-order valence-corrected chi connectivity index (χ3v) is 11.0. The lowest BCUT2D eigenvalue weighted by Crippen LogP contribution is -2.69. The number of nitrogens with zero attached hydrogens (tertiary/aromatic N) is 2. The van der Waals surface area contributed by atoms with E-state index in [2.05, 4.69) is 123 Å². The number of urea groups is 1. The summed E-state index contributed by atoms with van der Waals surface area (Å²) in [6.45, 7) is 2.33. The van der Waals surface area contributed by atoms with Gasteiger partial charge < -0.3 is 24.8 Å². The zero-order valence-corrected chi connectivity index (χ0v) is 30.4. The van der Waals surface area contributed by atoms with Crippen LogP contribution in [0, 0.1) is 5.92 Å². The van der Waals surface area contributed by atoms with Gasteiger partial charge in [-0.05, 0) is 71.0 Å². The van der Waals surface area contributed by atoms with Crippen molar-refractivity contribution in [3.8, 4) is 5.75 Å². The van der Waals surface area contributed by atoms with E-state index in [0.717, 1.165) is 33.5 Å². The van der Waals surface area contributed by atoms with Crippen LogP contribution in [-0.4, -0.2) is 73.0 Å². The molecule has 2 saturated heterocycles. The van der Waals surface area contributed by atoms with Crippen molar-refractivity contribution in [1.82, 2.24) is 9.80 Å². The van der Waals surface area contributed by atoms with Gasteiger partial charge in [0.1, 0.15) is 11.4 Å². The van der Waals surface area contributed by atoms with Gasteiger partial charge in [-0.2, -0.15) is 0 Å². The van der Waals surface area contributed by atoms with Crippen molar-refractivity contribution >= 4 is 27.6 Å². The zero-order chi connectivity index (χ0) is 35.2. The number of amides is 2. The molecule has 7 rings (SSSR count). The quantitative estimate of drug-likeness (QED) is 0.141. The smallest absolute Gasteiger partial charge is 0.321 e. The molecule has 8 heteroatoms. The molecule has 5 aromatic rings. The highest BCUT2D eigenvalue weighted by Gasteiger charge is 2.52. The summed E-state index contributed by atoms with van der Waals surface area (Å²) in [7, 11) is 1.63. The van der Waals surface area contributed by atoms with Crippen LogP contribution < -0.4 is 10.1 Å². The number of methoxy groups -OCH3 is 1. The number of carbonyl (C=O) groups is 1. The molecule has 262 valence electrons. The molecule has 0 radical (unpaired) electrons. The van der Waals surface area contributed by atoms with Gasteiger partial charge in [0, 0.05) is 54.4 Å². The molecular weight excluding hydrogens is 702 g/mol. The average molecular weight is 747 g/mol. The lowest BCUT2D eigenvalue weighted by Gasteiger charge is -2.59. The third kappa shape index (κ3) is 7.32. The van der Waals surface area contributed by atoms with E-state index in [-0.39, 0.29) is 36.6 Å². The Kier molecular flexibility index (Phi) is 10.8. The minimum absolute atomic E-state index is 0.00494. The number of halogens is 1. The molecule has 2 fully saturated rings. The molecule has 0 spiro atoms. The van der Waals surface area contributed by atoms with Crippen LogP contribution >= 0.6 is 15.9 Å². The molecule has 1 unspecified atom stereocenters. The lowest BCUT2D eigenvalue weighted by molar-refractivity contribution is -0.110. The van der Waals surface area contributed by atoms with Crippen molar-refractivity contribution < 1.29 is 19.4 Å². The number of hydrogen-bond donors (Lipinski definition) is 2. The summed E-state index contributed by atoms with van der Waals surface area (Å²) >= 11 is 3.63. The van der Waals surface area contributed by atoms with Crippen LogP contribution in [-0.2, 0) is 10.3 Å². The van der Waals surface area contributed by atoms with Gasteiger partial charge in [-0.3, -0.25) is 4.90 Å². The number of aliphatic hydroxyl groups is 1. The summed E-state index contributed by atoms with van der Waals surface area (Å²) in [6, 6.07) is 47.2. The van der Waals surface area contributed by atoms with Crippen molar-refractivity contribution in [1.29, 1.82) is 0 Å². The molecule has 4 atom stereocenters. The van der Waals surface area contributed by atoms with E-state index >= 15 is 0 Å². The highest BCUT2D eigenvalue weighted by molar-refractivity contribution is 9.10. The van der Waals surface area contributed by atoms with Crippen LogP contribution in [0.2, 0.25) is 0 Å². The van der Waals surface area contributed by atoms with Crippen LogP contribution in [0.3, 0.4) is 0 Å². The van der Waals surface area contributed by atoms with Gasteiger partial charge in [0.05, 0.1) is 13.7 Å². The highest BCUT2D eigenvalue weighted by atomic mass is 79.9. The first kappa shape index (κ1) is 35.0. The number of fused-ring (bicyclic) bond motifs is 1. The Morgan fingerprint density at radius 1 is 0.804 bits per heavy atom. The number of anilines is 1. The predicted octanol–water partition coefficient (Wildman–Crippen LogP) is 8.15. The minimum atomic E-state index is -0.859. The summed E-state index contributed by atoms with van der Waals surface area (Å²) in [5, 5.41) is 13.7. The molecule has 0 aliphatic carbocycles. The van der Waals surface area contributed by atoms with Gasteiger partial charge in [-0.1, -0.05) is 119 Å². The van der Waals surface area contributed by atoms with Gasteiger partial charge >= 0.3 is 6.03 Å². The first-order valence-corrected chi connectivity index (χ1v) is 18.4. The van der Waals surface area contributed by atoms with Crippen molar-refractivity contribution in [3.63, 3.8) is 0 Å². The van der Waals surface area contributed by atoms with Gasteiger partial charge in [0.25, 0.3) is 0 Å². The van der Waals surface area contributed by atoms with Crippen LogP contribution in [0.1, 0.15) is 34.6 Å². The molecule has 0 bridgehead atoms. The Balaban J connectivity index is 1.24. The number of ether oxygens (including phenoxy) is 2. The number of carbonyl (C=O) groups excluding carboxylic acids is 1. The highest BCUT2D eigenvalue weighted by Crippen LogP contribution is 2.46. The normalized spacial score (nSPS) is 20.7. The summed E-state index contributed by atoms with van der Waals surface area (Å²) in [4.78, 5) is 18.2. The monoisotopic (exact) mass is 745 g/mol. The van der Waals surface area contributed by atoms with E-state index in [0.29, 0.717) is 31.8 Å². The molecule has 51 heavy (non-hydrogen) atoms. The number of nitrogens with one attached hydrogen (secondary N) is 1. The standard InChI is InChI=1S/C43H44BrN3O4/c1-50-38-23-21-37(22-24-38)45-42(49)46-26-25-31(29-48)27-47-39(28-46)41(32-17-19-36(44)20-18-32)40(47)30-51-43(33-11-5-2-6-12-33,34-13-7-3-8-14-34)35-15-9-4-10-16-35/h2-24,31,39-41,48H,25-30H2,1H3,(H,45,49)/t31?,39-,40+,41+/m0/s1.